The van der Waals surface area contributed by atoms with Gasteiger partial charge in [0, 0.05) is 0 Å². The van der Waals surface area contributed by atoms with E-state index in [1.807, 2.05) is 0 Å². The molecular weight excluding hydrogens is 414 g/mol. The van der Waals surface area contributed by atoms with Gasteiger partial charge in [-0.3, -0.25) is 19.3 Å². The fourth-order valence-corrected chi connectivity index (χ4v) is 3.15. The van der Waals surface area contributed by atoms with E-state index in [2.05, 4.69) is 20.8 Å². The first-order valence-corrected chi connectivity index (χ1v) is 10.1. The van der Waals surface area contributed by atoms with Crippen molar-refractivity contribution in [2.24, 2.45) is 21.1 Å². The van der Waals surface area contributed by atoms with E-state index in [1.54, 1.807) is 0 Å². The number of hydrogen-bond acceptors (Lipinski definition) is 8. The molecule has 148 valence electrons. The third-order valence-electron chi connectivity index (χ3n) is 3.06. The van der Waals surface area contributed by atoms with Crippen molar-refractivity contribution in [2.75, 3.05) is 5.43 Å². The van der Waals surface area contributed by atoms with Crippen LogP contribution in [0, 0.1) is 0 Å². The molecular formula is C14H13N5O7S2. The molecule has 0 spiro atoms. The summed E-state index contributed by atoms with van der Waals surface area (Å²) in [5, 5.41) is 10.5. The smallest absolute Gasteiger partial charge is 0.296 e. The van der Waals surface area contributed by atoms with E-state index in [9.17, 15) is 26.2 Å². The zero-order valence-electron chi connectivity index (χ0n) is 13.8. The summed E-state index contributed by atoms with van der Waals surface area (Å²) < 4.78 is 63.6. The first-order chi connectivity index (χ1) is 13.0. The molecule has 0 atom stereocenters. The highest BCUT2D eigenvalue weighted by atomic mass is 32.2. The topological polar surface area (TPSA) is 201 Å². The molecule has 0 fully saturated rings. The number of carbonyl (C=O) groups excluding carboxylic acids is 1. The Morgan fingerprint density at radius 3 is 2.00 bits per heavy atom. The highest BCUT2D eigenvalue weighted by Crippen LogP contribution is 2.24. The third kappa shape index (κ3) is 5.40. The quantitative estimate of drug-likeness (QED) is 0.179. The second-order valence-electron chi connectivity index (χ2n) is 5.03. The lowest BCUT2D eigenvalue weighted by Crippen LogP contribution is -2.22. The molecule has 12 nitrogen and oxygen atoms in total. The zero-order chi connectivity index (χ0) is 20.9. The van der Waals surface area contributed by atoms with Crippen molar-refractivity contribution >= 4 is 43.4 Å². The number of amides is 1. The number of rotatable bonds is 5. The molecule has 0 bridgehead atoms. The van der Waals surface area contributed by atoms with Crippen LogP contribution in [0.2, 0.25) is 0 Å². The number of amidine groups is 1. The molecule has 2 aromatic rings. The van der Waals surface area contributed by atoms with Gasteiger partial charge in [-0.15, -0.1) is 15.3 Å². The van der Waals surface area contributed by atoms with Crippen molar-refractivity contribution in [1.29, 1.82) is 0 Å². The summed E-state index contributed by atoms with van der Waals surface area (Å²) in [6.07, 6.45) is 0. The third-order valence-corrected chi connectivity index (χ3v) is 4.88. The van der Waals surface area contributed by atoms with E-state index >= 15 is 0 Å². The number of para-hydroxylation sites is 1. The number of hydrogen-bond donors (Lipinski definition) is 4. The predicted molar refractivity (Wildman–Crippen MR) is 97.3 cm³/mol. The molecule has 0 radical (unpaired) electrons. The van der Waals surface area contributed by atoms with E-state index in [0.717, 1.165) is 12.1 Å². The van der Waals surface area contributed by atoms with E-state index < -0.39 is 41.8 Å². The van der Waals surface area contributed by atoms with E-state index in [-0.39, 0.29) is 11.4 Å². The van der Waals surface area contributed by atoms with Gasteiger partial charge in [-0.2, -0.15) is 16.8 Å². The van der Waals surface area contributed by atoms with Crippen molar-refractivity contribution in [3.05, 3.63) is 48.5 Å². The van der Waals surface area contributed by atoms with Crippen LogP contribution < -0.4 is 11.2 Å². The molecule has 1 amide bonds. The van der Waals surface area contributed by atoms with Crippen molar-refractivity contribution in [2.45, 2.75) is 9.79 Å². The number of anilines is 1. The Bertz CT molecular complexity index is 1170. The van der Waals surface area contributed by atoms with Crippen LogP contribution in [0.1, 0.15) is 0 Å². The minimum atomic E-state index is -4.60. The number of benzene rings is 2. The largest absolute Gasteiger partial charge is 0.363 e. The Morgan fingerprint density at radius 1 is 0.893 bits per heavy atom. The maximum Gasteiger partial charge on any atom is 0.296 e. The molecule has 0 heterocycles. The maximum absolute atomic E-state index is 11.5. The number of primary amides is 1. The van der Waals surface area contributed by atoms with Gasteiger partial charge in [0.2, 0.25) is 0 Å². The minimum absolute atomic E-state index is 0.183. The Balaban J connectivity index is 2.39. The van der Waals surface area contributed by atoms with Crippen LogP contribution in [0.3, 0.4) is 0 Å². The Hall–Kier alpha value is -3.20. The molecule has 2 aromatic carbocycles. The van der Waals surface area contributed by atoms with Gasteiger partial charge in [-0.25, -0.2) is 0 Å². The molecule has 0 unspecified atom stereocenters. The van der Waals surface area contributed by atoms with Gasteiger partial charge in [-0.1, -0.05) is 24.3 Å². The number of nitrogens with two attached hydrogens (primary N) is 1. The monoisotopic (exact) mass is 427 g/mol. The van der Waals surface area contributed by atoms with Crippen LogP contribution in [0.15, 0.2) is 73.7 Å². The number of azo groups is 1. The number of nitrogens with zero attached hydrogens (tertiary/aromatic N) is 3. The fraction of sp³-hybridized carbons (Fsp3) is 0. The van der Waals surface area contributed by atoms with E-state index in [4.69, 9.17) is 10.3 Å². The summed E-state index contributed by atoms with van der Waals surface area (Å²) in [6.45, 7) is 0. The van der Waals surface area contributed by atoms with Crippen LogP contribution in [0.25, 0.3) is 0 Å². The van der Waals surface area contributed by atoms with E-state index in [1.165, 1.54) is 36.4 Å². The van der Waals surface area contributed by atoms with Gasteiger partial charge in [0.05, 0.1) is 5.69 Å². The zero-order valence-corrected chi connectivity index (χ0v) is 15.4. The first kappa shape index (κ1) is 21.1. The predicted octanol–water partition coefficient (Wildman–Crippen LogP) is 1.17. The van der Waals surface area contributed by atoms with Crippen LogP contribution in [0.4, 0.5) is 11.4 Å². The molecule has 28 heavy (non-hydrogen) atoms. The van der Waals surface area contributed by atoms with Gasteiger partial charge >= 0.3 is 0 Å². The first-order valence-electron chi connectivity index (χ1n) is 7.18. The van der Waals surface area contributed by atoms with Crippen molar-refractivity contribution in [3.63, 3.8) is 0 Å². The summed E-state index contributed by atoms with van der Waals surface area (Å²) in [5.41, 5.74) is 6.85. The SMILES string of the molecule is NC(=O)/C(N=Nc1ccccc1S(=O)(=O)O)=N\Nc1ccccc1S(=O)(=O)O. The summed E-state index contributed by atoms with van der Waals surface area (Å²) in [6, 6.07) is 10.1. The van der Waals surface area contributed by atoms with Gasteiger partial charge in [0.25, 0.3) is 32.0 Å². The average Bonchev–Trinajstić information content (AvgIpc) is 2.60. The Kier molecular flexibility index (Phi) is 6.19. The molecule has 0 aliphatic carbocycles. The maximum atomic E-state index is 11.5. The standard InChI is InChI=1S/C14H13N5O7S2/c15-13(20)14(18-16-9-5-1-3-7-11(9)27(21,22)23)19-17-10-6-2-4-8-12(10)28(24,25)26/h1-8,16H,(H2,15,20)(H,21,22,23)(H,24,25,26)/b18-14+,19-17?. The van der Waals surface area contributed by atoms with E-state index in [0.29, 0.717) is 0 Å². The average molecular weight is 427 g/mol. The second kappa shape index (κ2) is 8.22. The van der Waals surface area contributed by atoms with Crippen LogP contribution in [-0.4, -0.2) is 37.7 Å². The van der Waals surface area contributed by atoms with Gasteiger partial charge in [0.1, 0.15) is 15.5 Å². The number of carbonyl (C=O) groups is 1. The molecule has 0 saturated carbocycles. The molecule has 0 aliphatic heterocycles. The molecule has 0 aliphatic rings. The number of hydrazone groups is 1. The summed E-state index contributed by atoms with van der Waals surface area (Å²) >= 11 is 0. The minimum Gasteiger partial charge on any atom is -0.363 e. The van der Waals surface area contributed by atoms with Crippen LogP contribution in [0.5, 0.6) is 0 Å². The molecule has 14 heteroatoms. The number of nitrogens with one attached hydrogen (secondary N) is 1. The molecule has 5 N–H and O–H groups in total. The lowest BCUT2D eigenvalue weighted by molar-refractivity contribution is -0.112. The summed E-state index contributed by atoms with van der Waals surface area (Å²) in [7, 11) is -9.17. The van der Waals surface area contributed by atoms with Gasteiger partial charge < -0.3 is 5.73 Å². The Labute approximate surface area is 159 Å². The highest BCUT2D eigenvalue weighted by Gasteiger charge is 2.17. The Morgan fingerprint density at radius 2 is 1.43 bits per heavy atom. The lowest BCUT2D eigenvalue weighted by Gasteiger charge is -2.06. The molecule has 0 saturated heterocycles. The fourth-order valence-electron chi connectivity index (χ4n) is 1.88. The van der Waals surface area contributed by atoms with Crippen LogP contribution in [-0.2, 0) is 25.0 Å². The van der Waals surface area contributed by atoms with Gasteiger partial charge in [0.15, 0.2) is 0 Å². The normalized spacial score (nSPS) is 12.9. The lowest BCUT2D eigenvalue weighted by atomic mass is 10.3. The molecule has 2 rings (SSSR count). The second-order valence-corrected chi connectivity index (χ2v) is 7.81. The summed E-state index contributed by atoms with van der Waals surface area (Å²) in [4.78, 5) is 10.4. The highest BCUT2D eigenvalue weighted by molar-refractivity contribution is 7.86. The molecule has 0 aromatic heterocycles. The van der Waals surface area contributed by atoms with Crippen molar-refractivity contribution in [1.82, 2.24) is 0 Å². The van der Waals surface area contributed by atoms with Crippen molar-refractivity contribution < 1.29 is 30.7 Å². The van der Waals surface area contributed by atoms with Gasteiger partial charge in [-0.05, 0) is 24.3 Å². The summed E-state index contributed by atoms with van der Waals surface area (Å²) in [5.74, 6) is -1.92. The van der Waals surface area contributed by atoms with Crippen LogP contribution >= 0.6 is 0 Å². The van der Waals surface area contributed by atoms with Crippen molar-refractivity contribution in [3.8, 4) is 0 Å².